The highest BCUT2D eigenvalue weighted by Gasteiger charge is 2.18. The Morgan fingerprint density at radius 1 is 1.03 bits per heavy atom. The molecule has 0 saturated carbocycles. The molecule has 4 aromatic rings. The van der Waals surface area contributed by atoms with Crippen LogP contribution in [0.3, 0.4) is 0 Å². The van der Waals surface area contributed by atoms with Gasteiger partial charge in [0.15, 0.2) is 5.58 Å². The molecular formula is C26H26ClN3O3. The van der Waals surface area contributed by atoms with Crippen LogP contribution in [0, 0.1) is 0 Å². The Labute approximate surface area is 197 Å². The Balaban J connectivity index is 1.23. The maximum atomic E-state index is 6.02. The van der Waals surface area contributed by atoms with Gasteiger partial charge in [0.2, 0.25) is 5.89 Å². The first-order valence-corrected chi connectivity index (χ1v) is 11.6. The molecular weight excluding hydrogens is 438 g/mol. The molecule has 170 valence electrons. The van der Waals surface area contributed by atoms with E-state index in [1.54, 1.807) is 12.1 Å². The lowest BCUT2D eigenvalue weighted by Gasteiger charge is -2.15. The van der Waals surface area contributed by atoms with Gasteiger partial charge in [0, 0.05) is 35.8 Å². The van der Waals surface area contributed by atoms with E-state index in [1.165, 1.54) is 0 Å². The molecule has 1 atom stereocenters. The molecule has 0 unspecified atom stereocenters. The predicted molar refractivity (Wildman–Crippen MR) is 130 cm³/mol. The Bertz CT molecular complexity index is 1230. The fraction of sp³-hybridized carbons (Fsp3) is 0.269. The number of hydrogen-bond donors (Lipinski definition) is 1. The first kappa shape index (κ1) is 21.8. The van der Waals surface area contributed by atoms with E-state index in [-0.39, 0.29) is 0 Å². The Morgan fingerprint density at radius 3 is 2.70 bits per heavy atom. The molecule has 1 aliphatic rings. The minimum Gasteiger partial charge on any atom is -0.494 e. The summed E-state index contributed by atoms with van der Waals surface area (Å²) in [4.78, 5) is 7.02. The van der Waals surface area contributed by atoms with Gasteiger partial charge in [-0.15, -0.1) is 0 Å². The van der Waals surface area contributed by atoms with Crippen LogP contribution in [0.1, 0.15) is 12.8 Å². The second kappa shape index (κ2) is 9.83. The molecule has 0 spiro atoms. The van der Waals surface area contributed by atoms with Crippen LogP contribution in [0.5, 0.6) is 17.2 Å². The van der Waals surface area contributed by atoms with Crippen LogP contribution in [0.15, 0.2) is 71.1 Å². The standard InChI is InChI=1S/C26H26ClN3O3/c27-19-5-7-21(8-6-19)32-23-9-10-24-25(16-23)33-26(29-24)18-3-1-4-22(15-18)31-14-2-12-30-13-11-20(28)17-30/h1,3-10,15-16,20H,2,11-14,17,28H2/t20-/m1/s1. The van der Waals surface area contributed by atoms with Crippen LogP contribution >= 0.6 is 11.6 Å². The van der Waals surface area contributed by atoms with Gasteiger partial charge in [0.25, 0.3) is 0 Å². The van der Waals surface area contributed by atoms with Crippen molar-refractivity contribution in [3.63, 3.8) is 0 Å². The van der Waals surface area contributed by atoms with E-state index in [0.29, 0.717) is 40.6 Å². The van der Waals surface area contributed by atoms with E-state index < -0.39 is 0 Å². The van der Waals surface area contributed by atoms with Crippen LogP contribution in [0.25, 0.3) is 22.6 Å². The molecule has 5 rings (SSSR count). The third kappa shape index (κ3) is 5.47. The average Bonchev–Trinajstić information content (AvgIpc) is 3.44. The van der Waals surface area contributed by atoms with Gasteiger partial charge in [-0.25, -0.2) is 4.98 Å². The SMILES string of the molecule is N[C@@H]1CCN(CCCOc2cccc(-c3nc4ccc(Oc5ccc(Cl)cc5)cc4o3)c2)C1. The minimum absolute atomic E-state index is 0.319. The second-order valence-corrected chi connectivity index (χ2v) is 8.72. The molecule has 2 N–H and O–H groups in total. The van der Waals surface area contributed by atoms with Gasteiger partial charge >= 0.3 is 0 Å². The molecule has 0 amide bonds. The van der Waals surface area contributed by atoms with Crippen molar-refractivity contribution in [2.24, 2.45) is 5.73 Å². The topological polar surface area (TPSA) is 73.8 Å². The summed E-state index contributed by atoms with van der Waals surface area (Å²) < 4.78 is 17.9. The molecule has 0 bridgehead atoms. The minimum atomic E-state index is 0.319. The predicted octanol–water partition coefficient (Wildman–Crippen LogP) is 5.74. The number of fused-ring (bicyclic) bond motifs is 1. The van der Waals surface area contributed by atoms with Crippen molar-refractivity contribution in [2.45, 2.75) is 18.9 Å². The molecule has 2 heterocycles. The maximum Gasteiger partial charge on any atom is 0.227 e. The van der Waals surface area contributed by atoms with E-state index in [1.807, 2.05) is 54.6 Å². The van der Waals surface area contributed by atoms with E-state index in [0.717, 1.165) is 49.3 Å². The lowest BCUT2D eigenvalue weighted by molar-refractivity contribution is 0.262. The Morgan fingerprint density at radius 2 is 1.88 bits per heavy atom. The Hall–Kier alpha value is -3.06. The highest BCUT2D eigenvalue weighted by atomic mass is 35.5. The molecule has 1 aliphatic heterocycles. The van der Waals surface area contributed by atoms with Crippen molar-refractivity contribution >= 4 is 22.7 Å². The van der Waals surface area contributed by atoms with Gasteiger partial charge < -0.3 is 24.5 Å². The zero-order chi connectivity index (χ0) is 22.6. The summed E-state index contributed by atoms with van der Waals surface area (Å²) in [6.45, 7) is 3.74. The molecule has 1 fully saturated rings. The van der Waals surface area contributed by atoms with Crippen LogP contribution in [-0.2, 0) is 0 Å². The summed E-state index contributed by atoms with van der Waals surface area (Å²) in [7, 11) is 0. The molecule has 0 aliphatic carbocycles. The Kier molecular flexibility index (Phi) is 6.48. The molecule has 1 saturated heterocycles. The number of likely N-dealkylation sites (tertiary alicyclic amines) is 1. The number of rotatable bonds is 8. The van der Waals surface area contributed by atoms with Gasteiger partial charge in [-0.2, -0.15) is 0 Å². The van der Waals surface area contributed by atoms with E-state index >= 15 is 0 Å². The summed E-state index contributed by atoms with van der Waals surface area (Å²) in [6, 6.07) is 21.0. The number of halogens is 1. The number of nitrogens with zero attached hydrogens (tertiary/aromatic N) is 2. The zero-order valence-electron chi connectivity index (χ0n) is 18.2. The second-order valence-electron chi connectivity index (χ2n) is 8.28. The van der Waals surface area contributed by atoms with E-state index in [2.05, 4.69) is 9.88 Å². The summed E-state index contributed by atoms with van der Waals surface area (Å²) in [5.41, 5.74) is 8.26. The molecule has 6 nitrogen and oxygen atoms in total. The number of benzene rings is 3. The number of ether oxygens (including phenoxy) is 2. The molecule has 3 aromatic carbocycles. The smallest absolute Gasteiger partial charge is 0.227 e. The number of aromatic nitrogens is 1. The van der Waals surface area contributed by atoms with Gasteiger partial charge in [0.1, 0.15) is 22.8 Å². The van der Waals surface area contributed by atoms with E-state index in [9.17, 15) is 0 Å². The monoisotopic (exact) mass is 463 g/mol. The lowest BCUT2D eigenvalue weighted by atomic mass is 10.2. The van der Waals surface area contributed by atoms with Crippen molar-refractivity contribution < 1.29 is 13.9 Å². The van der Waals surface area contributed by atoms with Gasteiger partial charge in [0.05, 0.1) is 6.61 Å². The largest absolute Gasteiger partial charge is 0.494 e. The first-order chi connectivity index (χ1) is 16.1. The highest BCUT2D eigenvalue weighted by Crippen LogP contribution is 2.31. The number of hydrogen-bond acceptors (Lipinski definition) is 6. The van der Waals surface area contributed by atoms with Gasteiger partial charge in [-0.05, 0) is 74.0 Å². The third-order valence-electron chi connectivity index (χ3n) is 5.69. The van der Waals surface area contributed by atoms with Crippen LogP contribution < -0.4 is 15.2 Å². The number of nitrogens with two attached hydrogens (primary N) is 1. The lowest BCUT2D eigenvalue weighted by Crippen LogP contribution is -2.28. The summed E-state index contributed by atoms with van der Waals surface area (Å²) >= 11 is 5.94. The molecule has 7 heteroatoms. The maximum absolute atomic E-state index is 6.02. The van der Waals surface area contributed by atoms with Crippen molar-refractivity contribution in [1.82, 2.24) is 9.88 Å². The van der Waals surface area contributed by atoms with Gasteiger partial charge in [-0.1, -0.05) is 17.7 Å². The number of oxazole rings is 1. The fourth-order valence-electron chi connectivity index (χ4n) is 3.99. The first-order valence-electron chi connectivity index (χ1n) is 11.2. The molecule has 0 radical (unpaired) electrons. The van der Waals surface area contributed by atoms with Crippen LogP contribution in [0.2, 0.25) is 5.02 Å². The zero-order valence-corrected chi connectivity index (χ0v) is 19.0. The van der Waals surface area contributed by atoms with E-state index in [4.69, 9.17) is 31.2 Å². The average molecular weight is 464 g/mol. The summed E-state index contributed by atoms with van der Waals surface area (Å²) in [6.07, 6.45) is 2.05. The highest BCUT2D eigenvalue weighted by molar-refractivity contribution is 6.30. The van der Waals surface area contributed by atoms with Crippen molar-refractivity contribution in [2.75, 3.05) is 26.2 Å². The molecule has 1 aromatic heterocycles. The quantitative estimate of drug-likeness (QED) is 0.336. The van der Waals surface area contributed by atoms with Crippen molar-refractivity contribution in [1.29, 1.82) is 0 Å². The normalized spacial score (nSPS) is 16.4. The summed E-state index contributed by atoms with van der Waals surface area (Å²) in [5.74, 6) is 2.73. The fourth-order valence-corrected chi connectivity index (χ4v) is 4.12. The third-order valence-corrected chi connectivity index (χ3v) is 5.94. The molecule has 33 heavy (non-hydrogen) atoms. The van der Waals surface area contributed by atoms with Crippen molar-refractivity contribution in [3.8, 4) is 28.7 Å². The van der Waals surface area contributed by atoms with Crippen LogP contribution in [0.4, 0.5) is 0 Å². The summed E-state index contributed by atoms with van der Waals surface area (Å²) in [5, 5.41) is 0.667. The van der Waals surface area contributed by atoms with Gasteiger partial charge in [-0.3, -0.25) is 0 Å². The van der Waals surface area contributed by atoms with Crippen LogP contribution in [-0.4, -0.2) is 42.2 Å². The van der Waals surface area contributed by atoms with Crippen molar-refractivity contribution in [3.05, 3.63) is 71.8 Å².